The standard InChI is InChI=1S/C17H15N5O2S/c23-16(8-7-15-2-1-9-25-15)19-10-17(24)21-13-3-5-14(6-4-13)22-12-18-11-20-22/h1-9,11-12H,10H2,(H,19,23)(H,21,24)/b8-7+. The molecule has 0 radical (unpaired) electrons. The van der Waals surface area contributed by atoms with Crippen LogP contribution in [0.3, 0.4) is 0 Å². The van der Waals surface area contributed by atoms with Gasteiger partial charge in [0.1, 0.15) is 12.7 Å². The van der Waals surface area contributed by atoms with Crippen LogP contribution in [0.4, 0.5) is 5.69 Å². The monoisotopic (exact) mass is 353 g/mol. The summed E-state index contributed by atoms with van der Waals surface area (Å²) in [5, 5.41) is 11.2. The van der Waals surface area contributed by atoms with Crippen molar-refractivity contribution in [3.05, 3.63) is 65.4 Å². The first kappa shape index (κ1) is 16.6. The predicted molar refractivity (Wildman–Crippen MR) is 96.4 cm³/mol. The van der Waals surface area contributed by atoms with Crippen molar-refractivity contribution in [3.8, 4) is 5.69 Å². The van der Waals surface area contributed by atoms with Gasteiger partial charge in [0.2, 0.25) is 11.8 Å². The summed E-state index contributed by atoms with van der Waals surface area (Å²) in [4.78, 5) is 28.4. The molecule has 8 heteroatoms. The highest BCUT2D eigenvalue weighted by atomic mass is 32.1. The maximum absolute atomic E-state index is 11.9. The summed E-state index contributed by atoms with van der Waals surface area (Å²) in [5.74, 6) is -0.614. The summed E-state index contributed by atoms with van der Waals surface area (Å²) < 4.78 is 1.62. The van der Waals surface area contributed by atoms with E-state index in [2.05, 4.69) is 20.7 Å². The Balaban J connectivity index is 1.46. The minimum absolute atomic E-state index is 0.0988. The first-order chi connectivity index (χ1) is 12.2. The molecule has 0 aliphatic rings. The highest BCUT2D eigenvalue weighted by molar-refractivity contribution is 7.10. The molecular weight excluding hydrogens is 338 g/mol. The average molecular weight is 353 g/mol. The van der Waals surface area contributed by atoms with Gasteiger partial charge in [-0.25, -0.2) is 9.67 Å². The van der Waals surface area contributed by atoms with Gasteiger partial charge in [-0.3, -0.25) is 9.59 Å². The van der Waals surface area contributed by atoms with Gasteiger partial charge in [0.25, 0.3) is 0 Å². The van der Waals surface area contributed by atoms with Crippen LogP contribution in [0, 0.1) is 0 Å². The molecule has 0 saturated heterocycles. The molecule has 25 heavy (non-hydrogen) atoms. The van der Waals surface area contributed by atoms with Gasteiger partial charge in [-0.05, 0) is 41.8 Å². The summed E-state index contributed by atoms with van der Waals surface area (Å²) in [7, 11) is 0. The zero-order valence-electron chi connectivity index (χ0n) is 13.1. The Labute approximate surface area is 148 Å². The molecule has 7 nitrogen and oxygen atoms in total. The molecule has 0 saturated carbocycles. The Morgan fingerprint density at radius 1 is 1.20 bits per heavy atom. The molecule has 0 aliphatic heterocycles. The second-order valence-corrected chi connectivity index (χ2v) is 5.98. The van der Waals surface area contributed by atoms with E-state index in [-0.39, 0.29) is 18.4 Å². The first-order valence-corrected chi connectivity index (χ1v) is 8.33. The number of benzene rings is 1. The number of hydrogen-bond donors (Lipinski definition) is 2. The van der Waals surface area contributed by atoms with Crippen molar-refractivity contribution < 1.29 is 9.59 Å². The molecular formula is C17H15N5O2S. The second kappa shape index (κ2) is 8.02. The molecule has 1 aromatic carbocycles. The number of hydrogen-bond acceptors (Lipinski definition) is 5. The van der Waals surface area contributed by atoms with Crippen LogP contribution in [-0.2, 0) is 9.59 Å². The van der Waals surface area contributed by atoms with Gasteiger partial charge in [0.15, 0.2) is 0 Å². The summed E-state index contributed by atoms with van der Waals surface area (Å²) in [6.45, 7) is -0.0988. The van der Waals surface area contributed by atoms with E-state index in [1.807, 2.05) is 29.6 Å². The summed E-state index contributed by atoms with van der Waals surface area (Å²) >= 11 is 1.53. The van der Waals surface area contributed by atoms with Crippen LogP contribution in [0.5, 0.6) is 0 Å². The van der Waals surface area contributed by atoms with Gasteiger partial charge in [-0.2, -0.15) is 5.10 Å². The molecule has 2 amide bonds. The average Bonchev–Trinajstić information content (AvgIpc) is 3.32. The minimum Gasteiger partial charge on any atom is -0.343 e. The number of amides is 2. The molecule has 0 aliphatic carbocycles. The number of anilines is 1. The number of rotatable bonds is 6. The van der Waals surface area contributed by atoms with Crippen molar-refractivity contribution >= 4 is 34.9 Å². The SMILES string of the molecule is O=C(/C=C/c1cccs1)NCC(=O)Nc1ccc(-n2cncn2)cc1. The molecule has 3 rings (SSSR count). The van der Waals surface area contributed by atoms with Crippen molar-refractivity contribution in [2.45, 2.75) is 0 Å². The quantitative estimate of drug-likeness (QED) is 0.664. The summed E-state index contributed by atoms with van der Waals surface area (Å²) in [6, 6.07) is 11.0. The molecule has 0 bridgehead atoms. The lowest BCUT2D eigenvalue weighted by molar-refractivity contribution is -0.121. The van der Waals surface area contributed by atoms with Crippen molar-refractivity contribution in [1.29, 1.82) is 0 Å². The van der Waals surface area contributed by atoms with E-state index in [4.69, 9.17) is 0 Å². The number of nitrogens with zero attached hydrogens (tertiary/aromatic N) is 3. The van der Waals surface area contributed by atoms with Crippen LogP contribution in [0.1, 0.15) is 4.88 Å². The third kappa shape index (κ3) is 4.85. The number of nitrogens with one attached hydrogen (secondary N) is 2. The van der Waals surface area contributed by atoms with Crippen molar-refractivity contribution in [1.82, 2.24) is 20.1 Å². The van der Waals surface area contributed by atoms with Crippen LogP contribution in [0.2, 0.25) is 0 Å². The van der Waals surface area contributed by atoms with Crippen LogP contribution >= 0.6 is 11.3 Å². The molecule has 0 unspecified atom stereocenters. The van der Waals surface area contributed by atoms with E-state index >= 15 is 0 Å². The van der Waals surface area contributed by atoms with Gasteiger partial charge in [0.05, 0.1) is 12.2 Å². The van der Waals surface area contributed by atoms with Crippen molar-refractivity contribution in [2.24, 2.45) is 0 Å². The zero-order valence-corrected chi connectivity index (χ0v) is 13.9. The molecule has 2 aromatic heterocycles. The Bertz CT molecular complexity index is 855. The highest BCUT2D eigenvalue weighted by Gasteiger charge is 2.05. The van der Waals surface area contributed by atoms with E-state index in [0.717, 1.165) is 10.6 Å². The van der Waals surface area contributed by atoms with Crippen LogP contribution in [0.25, 0.3) is 11.8 Å². The summed E-state index contributed by atoms with van der Waals surface area (Å²) in [6.07, 6.45) is 6.16. The third-order valence-electron chi connectivity index (χ3n) is 3.20. The molecule has 2 N–H and O–H groups in total. The van der Waals surface area contributed by atoms with Crippen molar-refractivity contribution in [3.63, 3.8) is 0 Å². The normalized spacial score (nSPS) is 10.7. The molecule has 3 aromatic rings. The van der Waals surface area contributed by atoms with E-state index in [1.165, 1.54) is 23.7 Å². The Morgan fingerprint density at radius 3 is 2.72 bits per heavy atom. The van der Waals surface area contributed by atoms with Crippen LogP contribution < -0.4 is 10.6 Å². The second-order valence-electron chi connectivity index (χ2n) is 5.00. The topological polar surface area (TPSA) is 88.9 Å². The fraction of sp³-hybridized carbons (Fsp3) is 0.0588. The fourth-order valence-corrected chi connectivity index (χ4v) is 2.63. The highest BCUT2D eigenvalue weighted by Crippen LogP contribution is 2.12. The number of thiophene rings is 1. The van der Waals surface area contributed by atoms with Gasteiger partial charge in [-0.15, -0.1) is 11.3 Å². The maximum atomic E-state index is 11.9. The number of aromatic nitrogens is 3. The molecule has 126 valence electrons. The lowest BCUT2D eigenvalue weighted by Gasteiger charge is -2.07. The fourth-order valence-electron chi connectivity index (χ4n) is 2.01. The van der Waals surface area contributed by atoms with E-state index in [9.17, 15) is 9.59 Å². The molecule has 2 heterocycles. The lowest BCUT2D eigenvalue weighted by atomic mass is 10.3. The Kier molecular flexibility index (Phi) is 5.32. The Hall–Kier alpha value is -3.26. The summed E-state index contributed by atoms with van der Waals surface area (Å²) in [5.41, 5.74) is 1.47. The van der Waals surface area contributed by atoms with E-state index in [0.29, 0.717) is 5.69 Å². The first-order valence-electron chi connectivity index (χ1n) is 7.45. The van der Waals surface area contributed by atoms with Gasteiger partial charge in [-0.1, -0.05) is 6.07 Å². The number of carbonyl (C=O) groups is 2. The zero-order chi connectivity index (χ0) is 17.5. The number of carbonyl (C=O) groups excluding carboxylic acids is 2. The van der Waals surface area contributed by atoms with E-state index in [1.54, 1.807) is 29.2 Å². The van der Waals surface area contributed by atoms with Gasteiger partial charge >= 0.3 is 0 Å². The lowest BCUT2D eigenvalue weighted by Crippen LogP contribution is -2.31. The van der Waals surface area contributed by atoms with Crippen molar-refractivity contribution in [2.75, 3.05) is 11.9 Å². The Morgan fingerprint density at radius 2 is 2.04 bits per heavy atom. The predicted octanol–water partition coefficient (Wildman–Crippen LogP) is 2.10. The van der Waals surface area contributed by atoms with E-state index < -0.39 is 0 Å². The molecule has 0 fully saturated rings. The van der Waals surface area contributed by atoms with Gasteiger partial charge in [0, 0.05) is 16.6 Å². The largest absolute Gasteiger partial charge is 0.343 e. The van der Waals surface area contributed by atoms with Crippen LogP contribution in [0.15, 0.2) is 60.5 Å². The molecule has 0 spiro atoms. The van der Waals surface area contributed by atoms with Crippen LogP contribution in [-0.4, -0.2) is 33.1 Å². The maximum Gasteiger partial charge on any atom is 0.244 e. The third-order valence-corrected chi connectivity index (χ3v) is 4.04. The molecule has 0 atom stereocenters. The van der Waals surface area contributed by atoms with Gasteiger partial charge < -0.3 is 10.6 Å². The minimum atomic E-state index is -0.315. The smallest absolute Gasteiger partial charge is 0.244 e.